The van der Waals surface area contributed by atoms with E-state index in [4.69, 9.17) is 14.2 Å². The summed E-state index contributed by atoms with van der Waals surface area (Å²) in [6.07, 6.45) is 3.96. The van der Waals surface area contributed by atoms with Crippen molar-refractivity contribution >= 4 is 11.9 Å². The first-order valence-electron chi connectivity index (χ1n) is 8.47. The zero-order valence-corrected chi connectivity index (χ0v) is 14.9. The molecule has 0 spiro atoms. The Morgan fingerprint density at radius 1 is 1.44 bits per heavy atom. The van der Waals surface area contributed by atoms with Gasteiger partial charge in [0.25, 0.3) is 0 Å². The lowest BCUT2D eigenvalue weighted by molar-refractivity contribution is -0.190. The maximum atomic E-state index is 12.2. The maximum Gasteiger partial charge on any atom is 0.334 e. The normalized spacial score (nSPS) is 42.2. The highest BCUT2D eigenvalue weighted by atomic mass is 16.6. The molecule has 0 aromatic rings. The third-order valence-electron chi connectivity index (χ3n) is 5.04. The summed E-state index contributed by atoms with van der Waals surface area (Å²) in [6.45, 7) is 10.9. The zero-order chi connectivity index (χ0) is 18.6. The number of fused-ring (bicyclic) bond motifs is 3. The van der Waals surface area contributed by atoms with Crippen molar-refractivity contribution in [2.24, 2.45) is 11.8 Å². The summed E-state index contributed by atoms with van der Waals surface area (Å²) in [5.41, 5.74) is -0.0548. The topological polar surface area (TPSA) is 82.1 Å². The highest BCUT2D eigenvalue weighted by Crippen LogP contribution is 2.44. The van der Waals surface area contributed by atoms with Gasteiger partial charge in [-0.15, -0.1) is 0 Å². The van der Waals surface area contributed by atoms with Gasteiger partial charge in [-0.25, -0.2) is 4.79 Å². The van der Waals surface area contributed by atoms with Crippen molar-refractivity contribution in [2.45, 2.75) is 57.7 Å². The van der Waals surface area contributed by atoms with E-state index in [1.165, 1.54) is 0 Å². The molecule has 3 rings (SSSR count). The van der Waals surface area contributed by atoms with Crippen LogP contribution in [0.25, 0.3) is 0 Å². The first-order chi connectivity index (χ1) is 11.5. The van der Waals surface area contributed by atoms with Crippen LogP contribution in [0.1, 0.15) is 34.1 Å². The van der Waals surface area contributed by atoms with E-state index >= 15 is 0 Å². The molecule has 2 bridgehead atoms. The van der Waals surface area contributed by atoms with Gasteiger partial charge < -0.3 is 19.3 Å². The van der Waals surface area contributed by atoms with Gasteiger partial charge in [0, 0.05) is 12.0 Å². The van der Waals surface area contributed by atoms with Crippen molar-refractivity contribution in [1.82, 2.24) is 0 Å². The molecule has 3 aliphatic heterocycles. The van der Waals surface area contributed by atoms with Crippen molar-refractivity contribution in [3.8, 4) is 0 Å². The first-order valence-corrected chi connectivity index (χ1v) is 8.47. The van der Waals surface area contributed by atoms with E-state index in [0.717, 1.165) is 0 Å². The SMILES string of the molecule is C=C1C(=O)OC2/C=C(/C)[C@@]3(O)C=C[C@@](C)(C[C@@H](OC(=O)C(C)C)[C@H]12)O3. The Bertz CT molecular complexity index is 690. The Kier molecular flexibility index (Phi) is 4.16. The van der Waals surface area contributed by atoms with Gasteiger partial charge in [-0.05, 0) is 31.6 Å². The first kappa shape index (κ1) is 17.9. The predicted molar refractivity (Wildman–Crippen MR) is 89.2 cm³/mol. The standard InChI is InChI=1S/C19H24O6/c1-10(2)16(20)24-14-9-18(5)6-7-19(22,25-18)11(3)8-13-15(14)12(4)17(21)23-13/h6-8,10,13-15,22H,4,9H2,1-3,5H3/b11-8-/t13?,14-,15-,18+,19-/m1/s1. The average Bonchev–Trinajstić information content (AvgIpc) is 2.97. The number of aliphatic hydroxyl groups is 1. The molecule has 25 heavy (non-hydrogen) atoms. The van der Waals surface area contributed by atoms with Gasteiger partial charge in [-0.2, -0.15) is 0 Å². The van der Waals surface area contributed by atoms with Gasteiger partial charge in [-0.3, -0.25) is 4.79 Å². The Morgan fingerprint density at radius 3 is 2.76 bits per heavy atom. The molecular formula is C19H24O6. The van der Waals surface area contributed by atoms with Crippen LogP contribution in [0.4, 0.5) is 0 Å². The zero-order valence-electron chi connectivity index (χ0n) is 14.9. The lowest BCUT2D eigenvalue weighted by Crippen LogP contribution is -2.41. The monoisotopic (exact) mass is 348 g/mol. The molecule has 1 fully saturated rings. The molecule has 0 saturated carbocycles. The fourth-order valence-electron chi connectivity index (χ4n) is 3.51. The van der Waals surface area contributed by atoms with E-state index in [0.29, 0.717) is 5.57 Å². The second kappa shape index (κ2) is 5.81. The largest absolute Gasteiger partial charge is 0.461 e. The van der Waals surface area contributed by atoms with Crippen LogP contribution in [0.5, 0.6) is 0 Å². The fraction of sp³-hybridized carbons (Fsp3) is 0.579. The van der Waals surface area contributed by atoms with Gasteiger partial charge in [0.2, 0.25) is 5.79 Å². The third-order valence-corrected chi connectivity index (χ3v) is 5.04. The van der Waals surface area contributed by atoms with Crippen LogP contribution in [0.15, 0.2) is 36.0 Å². The fourth-order valence-corrected chi connectivity index (χ4v) is 3.51. The molecule has 0 aromatic heterocycles. The maximum absolute atomic E-state index is 12.2. The van der Waals surface area contributed by atoms with E-state index in [-0.39, 0.29) is 23.9 Å². The highest BCUT2D eigenvalue weighted by molar-refractivity contribution is 5.91. The smallest absolute Gasteiger partial charge is 0.334 e. The van der Waals surface area contributed by atoms with Crippen LogP contribution in [0.3, 0.4) is 0 Å². The van der Waals surface area contributed by atoms with Crippen molar-refractivity contribution in [3.63, 3.8) is 0 Å². The quantitative estimate of drug-likeness (QED) is 0.467. The molecule has 136 valence electrons. The molecule has 0 radical (unpaired) electrons. The molecule has 1 saturated heterocycles. The van der Waals surface area contributed by atoms with Crippen LogP contribution in [-0.2, 0) is 23.8 Å². The molecule has 6 heteroatoms. The summed E-state index contributed by atoms with van der Waals surface area (Å²) in [5.74, 6) is -3.26. The number of esters is 2. The van der Waals surface area contributed by atoms with Crippen molar-refractivity contribution in [2.75, 3.05) is 0 Å². The molecule has 6 nitrogen and oxygen atoms in total. The van der Waals surface area contributed by atoms with Gasteiger partial charge in [-0.1, -0.05) is 26.5 Å². The number of hydrogen-bond donors (Lipinski definition) is 1. The minimum Gasteiger partial charge on any atom is -0.461 e. The summed E-state index contributed by atoms with van der Waals surface area (Å²) in [6, 6.07) is 0. The van der Waals surface area contributed by atoms with E-state index < -0.39 is 35.5 Å². The third kappa shape index (κ3) is 3.04. The number of rotatable bonds is 2. The van der Waals surface area contributed by atoms with Crippen molar-refractivity contribution in [3.05, 3.63) is 36.0 Å². The van der Waals surface area contributed by atoms with Crippen LogP contribution >= 0.6 is 0 Å². The van der Waals surface area contributed by atoms with Crippen LogP contribution in [-0.4, -0.2) is 40.6 Å². The van der Waals surface area contributed by atoms with Gasteiger partial charge in [0.1, 0.15) is 12.2 Å². The Morgan fingerprint density at radius 2 is 2.12 bits per heavy atom. The lowest BCUT2D eigenvalue weighted by atomic mass is 9.83. The van der Waals surface area contributed by atoms with Crippen LogP contribution < -0.4 is 0 Å². The van der Waals surface area contributed by atoms with Gasteiger partial charge >= 0.3 is 11.9 Å². The molecule has 1 N–H and O–H groups in total. The molecule has 3 aliphatic rings. The summed E-state index contributed by atoms with van der Waals surface area (Å²) in [4.78, 5) is 24.3. The highest BCUT2D eigenvalue weighted by Gasteiger charge is 2.52. The summed E-state index contributed by atoms with van der Waals surface area (Å²) < 4.78 is 17.0. The number of ether oxygens (including phenoxy) is 3. The van der Waals surface area contributed by atoms with Crippen LogP contribution in [0.2, 0.25) is 0 Å². The summed E-state index contributed by atoms with van der Waals surface area (Å²) >= 11 is 0. The Balaban J connectivity index is 2.04. The van der Waals surface area contributed by atoms with Gasteiger partial charge in [0.05, 0.1) is 17.4 Å². The number of carbonyl (C=O) groups excluding carboxylic acids is 2. The molecule has 5 atom stereocenters. The van der Waals surface area contributed by atoms with E-state index in [1.807, 2.05) is 6.92 Å². The predicted octanol–water partition coefficient (Wildman–Crippen LogP) is 2.04. The van der Waals surface area contributed by atoms with E-state index in [2.05, 4.69) is 6.58 Å². The lowest BCUT2D eigenvalue weighted by Gasteiger charge is -2.33. The summed E-state index contributed by atoms with van der Waals surface area (Å²) in [5, 5.41) is 10.7. The van der Waals surface area contributed by atoms with Crippen molar-refractivity contribution < 1.29 is 28.9 Å². The minimum absolute atomic E-state index is 0.271. The molecule has 3 heterocycles. The van der Waals surface area contributed by atoms with Crippen molar-refractivity contribution in [1.29, 1.82) is 0 Å². The second-order valence-corrected chi connectivity index (χ2v) is 7.55. The molecule has 1 unspecified atom stereocenters. The molecule has 0 amide bonds. The summed E-state index contributed by atoms with van der Waals surface area (Å²) in [7, 11) is 0. The molecule has 0 aromatic carbocycles. The Labute approximate surface area is 147 Å². The molecule has 0 aliphatic carbocycles. The molecular weight excluding hydrogens is 324 g/mol. The minimum atomic E-state index is -1.56. The number of hydrogen-bond acceptors (Lipinski definition) is 6. The Hall–Kier alpha value is -1.92. The van der Waals surface area contributed by atoms with E-state index in [9.17, 15) is 14.7 Å². The number of carbonyl (C=O) groups is 2. The van der Waals surface area contributed by atoms with Crippen LogP contribution in [0, 0.1) is 11.8 Å². The second-order valence-electron chi connectivity index (χ2n) is 7.55. The average molecular weight is 348 g/mol. The van der Waals surface area contributed by atoms with Gasteiger partial charge in [0.15, 0.2) is 0 Å². The van der Waals surface area contributed by atoms with E-state index in [1.54, 1.807) is 39.0 Å².